The van der Waals surface area contributed by atoms with Crippen LogP contribution in [-0.2, 0) is 16.1 Å². The molecule has 1 atom stereocenters. The van der Waals surface area contributed by atoms with Crippen molar-refractivity contribution >= 4 is 29.5 Å². The zero-order valence-corrected chi connectivity index (χ0v) is 22.8. The smallest absolute Gasteiger partial charge is 0.339 e. The summed E-state index contributed by atoms with van der Waals surface area (Å²) >= 11 is 0.255. The largest absolute Gasteiger partial charge is 0.507 e. The average molecular weight is 609 g/mol. The number of ether oxygens (including phenoxy) is 1. The fourth-order valence-corrected chi connectivity index (χ4v) is 6.05. The number of benzene rings is 3. The molecule has 222 valence electrons. The van der Waals surface area contributed by atoms with Gasteiger partial charge in [0.2, 0.25) is 11.7 Å². The number of hydrogen-bond acceptors (Lipinski definition) is 6. The Morgan fingerprint density at radius 3 is 2.07 bits per heavy atom. The van der Waals surface area contributed by atoms with Crippen molar-refractivity contribution in [1.29, 1.82) is 0 Å². The van der Waals surface area contributed by atoms with Crippen LogP contribution in [0.2, 0.25) is 0 Å². The van der Waals surface area contributed by atoms with Crippen molar-refractivity contribution in [2.75, 3.05) is 24.7 Å². The first-order chi connectivity index (χ1) is 20.1. The van der Waals surface area contributed by atoms with Gasteiger partial charge in [0.15, 0.2) is 23.3 Å². The Labute approximate surface area is 241 Å². The minimum atomic E-state index is -2.27. The molecular formula is C29H25F5N2O5S. The summed E-state index contributed by atoms with van der Waals surface area (Å²) in [6, 6.07) is 10.2. The van der Waals surface area contributed by atoms with Crippen LogP contribution in [0.15, 0.2) is 47.4 Å². The number of rotatable bonds is 8. The second kappa shape index (κ2) is 12.3. The zero-order valence-electron chi connectivity index (χ0n) is 22.0. The molecule has 0 radical (unpaired) electrons. The lowest BCUT2D eigenvalue weighted by atomic mass is 9.91. The van der Waals surface area contributed by atoms with E-state index >= 15 is 0 Å². The van der Waals surface area contributed by atoms with Gasteiger partial charge in [0.05, 0.1) is 6.54 Å². The molecule has 2 aliphatic heterocycles. The number of hydrogen-bond donors (Lipinski definition) is 2. The Morgan fingerprint density at radius 1 is 0.905 bits per heavy atom. The van der Waals surface area contributed by atoms with Crippen molar-refractivity contribution in [2.24, 2.45) is 0 Å². The summed E-state index contributed by atoms with van der Waals surface area (Å²) in [6.07, 6.45) is 1.99. The Kier molecular flexibility index (Phi) is 8.71. The molecule has 1 amide bonds. The summed E-state index contributed by atoms with van der Waals surface area (Å²) in [6.45, 7) is 1.46. The lowest BCUT2D eigenvalue weighted by Crippen LogP contribution is -2.54. The molecule has 2 saturated heterocycles. The first kappa shape index (κ1) is 29.8. The maximum absolute atomic E-state index is 14.3. The number of aromatic carboxylic acids is 1. The standard InChI is InChI=1S/C29H25F5N2O5S/c30-22-23(31)25(33)27(26(34)24(22)32)42-36-10-7-20(36)28(38)35(18-5-6-19(29(39)40)21(37)13-18)14-15-1-3-16(4-2-15)17-8-11-41-12-9-17/h1-6,13,17,20,37H,7-12,14H2,(H,39,40)/t20-/m1/s1. The highest BCUT2D eigenvalue weighted by Crippen LogP contribution is 2.39. The predicted octanol–water partition coefficient (Wildman–Crippen LogP) is 5.99. The maximum atomic E-state index is 14.3. The van der Waals surface area contributed by atoms with Crippen molar-refractivity contribution in [3.05, 3.63) is 88.2 Å². The highest BCUT2D eigenvalue weighted by Gasteiger charge is 2.40. The SMILES string of the molecule is O=C(O)c1ccc(N(Cc2ccc(C3CCOCC3)cc2)C(=O)[C@H]2CCN2Sc2c(F)c(F)c(F)c(F)c2F)cc1O. The summed E-state index contributed by atoms with van der Waals surface area (Å²) < 4.78 is 76.3. The monoisotopic (exact) mass is 608 g/mol. The molecule has 0 spiro atoms. The van der Waals surface area contributed by atoms with E-state index in [-0.39, 0.29) is 42.7 Å². The molecule has 2 fully saturated rings. The van der Waals surface area contributed by atoms with Crippen LogP contribution in [0, 0.1) is 29.1 Å². The van der Waals surface area contributed by atoms with E-state index in [4.69, 9.17) is 4.74 Å². The second-order valence-electron chi connectivity index (χ2n) is 9.99. The molecular weight excluding hydrogens is 583 g/mol. The van der Waals surface area contributed by atoms with Gasteiger partial charge < -0.3 is 19.8 Å². The molecule has 7 nitrogen and oxygen atoms in total. The van der Waals surface area contributed by atoms with E-state index in [0.717, 1.165) is 30.5 Å². The Morgan fingerprint density at radius 2 is 1.52 bits per heavy atom. The van der Waals surface area contributed by atoms with Gasteiger partial charge in [-0.3, -0.25) is 4.79 Å². The second-order valence-corrected chi connectivity index (χ2v) is 11.1. The summed E-state index contributed by atoms with van der Waals surface area (Å²) in [5.74, 6) is -12.6. The summed E-state index contributed by atoms with van der Waals surface area (Å²) in [5.41, 5.74) is 1.61. The number of halogens is 5. The fourth-order valence-electron chi connectivity index (χ4n) is 4.96. The normalized spacial score (nSPS) is 17.6. The maximum Gasteiger partial charge on any atom is 0.339 e. The number of carboxylic acid groups (broad SMARTS) is 1. The third-order valence-corrected chi connectivity index (χ3v) is 8.65. The number of carbonyl (C=O) groups is 2. The van der Waals surface area contributed by atoms with Crippen LogP contribution < -0.4 is 4.90 Å². The van der Waals surface area contributed by atoms with Gasteiger partial charge in [-0.2, -0.15) is 0 Å². The van der Waals surface area contributed by atoms with Gasteiger partial charge in [0, 0.05) is 31.5 Å². The van der Waals surface area contributed by atoms with Crippen molar-refractivity contribution in [3.63, 3.8) is 0 Å². The van der Waals surface area contributed by atoms with Crippen LogP contribution in [0.3, 0.4) is 0 Å². The minimum Gasteiger partial charge on any atom is -0.507 e. The number of anilines is 1. The third-order valence-electron chi connectivity index (χ3n) is 7.44. The van der Waals surface area contributed by atoms with Crippen molar-refractivity contribution < 1.29 is 46.5 Å². The van der Waals surface area contributed by atoms with E-state index in [9.17, 15) is 41.8 Å². The number of nitrogens with zero attached hydrogens (tertiary/aromatic N) is 2. The van der Waals surface area contributed by atoms with Crippen LogP contribution in [0.1, 0.15) is 46.7 Å². The van der Waals surface area contributed by atoms with Gasteiger partial charge in [-0.25, -0.2) is 31.1 Å². The lowest BCUT2D eigenvalue weighted by molar-refractivity contribution is -0.124. The molecule has 2 N–H and O–H groups in total. The highest BCUT2D eigenvalue weighted by molar-refractivity contribution is 7.97. The quantitative estimate of drug-likeness (QED) is 0.141. The summed E-state index contributed by atoms with van der Waals surface area (Å²) in [7, 11) is 0. The first-order valence-corrected chi connectivity index (χ1v) is 13.8. The average Bonchev–Trinajstić information content (AvgIpc) is 2.97. The molecule has 0 aliphatic carbocycles. The number of phenols is 1. The molecule has 42 heavy (non-hydrogen) atoms. The molecule has 0 aromatic heterocycles. The molecule has 0 bridgehead atoms. The van der Waals surface area contributed by atoms with E-state index in [0.29, 0.717) is 24.7 Å². The molecule has 5 rings (SSSR count). The molecule has 2 heterocycles. The van der Waals surface area contributed by atoms with Crippen molar-refractivity contribution in [2.45, 2.75) is 42.7 Å². The van der Waals surface area contributed by atoms with E-state index < -0.39 is 57.6 Å². The Hall–Kier alpha value is -3.68. The summed E-state index contributed by atoms with van der Waals surface area (Å²) in [5, 5.41) is 19.6. The van der Waals surface area contributed by atoms with Crippen molar-refractivity contribution in [1.82, 2.24) is 4.31 Å². The zero-order chi connectivity index (χ0) is 30.1. The van der Waals surface area contributed by atoms with Crippen LogP contribution in [0.5, 0.6) is 5.75 Å². The molecule has 3 aromatic carbocycles. The number of carbonyl (C=O) groups excluding carboxylic acids is 1. The van der Waals surface area contributed by atoms with Crippen LogP contribution in [0.4, 0.5) is 27.6 Å². The van der Waals surface area contributed by atoms with Gasteiger partial charge in [0.25, 0.3) is 0 Å². The van der Waals surface area contributed by atoms with E-state index in [1.165, 1.54) is 15.3 Å². The molecule has 0 unspecified atom stereocenters. The first-order valence-electron chi connectivity index (χ1n) is 13.1. The minimum absolute atomic E-state index is 0.00369. The number of carboxylic acids is 1. The van der Waals surface area contributed by atoms with Crippen molar-refractivity contribution in [3.8, 4) is 5.75 Å². The third kappa shape index (κ3) is 5.81. The van der Waals surface area contributed by atoms with Gasteiger partial charge in [0.1, 0.15) is 22.3 Å². The molecule has 0 saturated carbocycles. The van der Waals surface area contributed by atoms with Gasteiger partial charge >= 0.3 is 5.97 Å². The number of aromatic hydroxyl groups is 1. The fraction of sp³-hybridized carbons (Fsp3) is 0.310. The predicted molar refractivity (Wildman–Crippen MR) is 143 cm³/mol. The van der Waals surface area contributed by atoms with Crippen LogP contribution in [0.25, 0.3) is 0 Å². The van der Waals surface area contributed by atoms with Crippen LogP contribution in [-0.4, -0.2) is 52.2 Å². The van der Waals surface area contributed by atoms with Crippen LogP contribution >= 0.6 is 11.9 Å². The highest BCUT2D eigenvalue weighted by atomic mass is 32.2. The summed E-state index contributed by atoms with van der Waals surface area (Å²) in [4.78, 5) is 25.4. The van der Waals surface area contributed by atoms with E-state index in [1.54, 1.807) is 0 Å². The number of amides is 1. The van der Waals surface area contributed by atoms with Gasteiger partial charge in [-0.15, -0.1) is 0 Å². The lowest BCUT2D eigenvalue weighted by Gasteiger charge is -2.41. The Bertz CT molecular complexity index is 1490. The van der Waals surface area contributed by atoms with Gasteiger partial charge in [-0.1, -0.05) is 24.3 Å². The molecule has 13 heteroatoms. The topological polar surface area (TPSA) is 90.3 Å². The molecule has 2 aliphatic rings. The van der Waals surface area contributed by atoms with E-state index in [2.05, 4.69) is 0 Å². The van der Waals surface area contributed by atoms with E-state index in [1.807, 2.05) is 24.3 Å². The Balaban J connectivity index is 1.42. The van der Waals surface area contributed by atoms with Gasteiger partial charge in [-0.05, 0) is 60.4 Å². The molecule has 3 aromatic rings.